The molecule has 0 aliphatic rings. The summed E-state index contributed by atoms with van der Waals surface area (Å²) in [6, 6.07) is 0. The van der Waals surface area contributed by atoms with E-state index in [2.05, 4.69) is 0 Å². The molecule has 1 N–H and O–H groups in total. The number of hydrogen-bond acceptors (Lipinski definition) is 3. The fourth-order valence-corrected chi connectivity index (χ4v) is 1.54. The van der Waals surface area contributed by atoms with Crippen LogP contribution in [0.2, 0.25) is 0 Å². The van der Waals surface area contributed by atoms with Crippen molar-refractivity contribution < 1.29 is 14.7 Å². The summed E-state index contributed by atoms with van der Waals surface area (Å²) in [5.41, 5.74) is 0. The van der Waals surface area contributed by atoms with Gasteiger partial charge < -0.3 is 5.11 Å². The van der Waals surface area contributed by atoms with Crippen LogP contribution in [-0.4, -0.2) is 52.1 Å². The zero-order valence-electron chi connectivity index (χ0n) is 9.23. The largest absolute Gasteiger partial charge is 0.481 e. The number of aliphatic carboxylic acids is 1. The Balaban J connectivity index is 4.52. The van der Waals surface area contributed by atoms with E-state index < -0.39 is 11.9 Å². The molecule has 0 saturated heterocycles. The van der Waals surface area contributed by atoms with Crippen LogP contribution < -0.4 is 0 Å². The molecule has 15 heavy (non-hydrogen) atoms. The molecule has 0 rings (SSSR count). The summed E-state index contributed by atoms with van der Waals surface area (Å²) in [7, 11) is 3.47. The lowest BCUT2D eigenvalue weighted by molar-refractivity contribution is -0.149. The lowest BCUT2D eigenvalue weighted by atomic mass is 10.1. The predicted octanol–water partition coefficient (Wildman–Crippen LogP) is 0.837. The van der Waals surface area contributed by atoms with Gasteiger partial charge in [0.1, 0.15) is 0 Å². The lowest BCUT2D eigenvalue weighted by Gasteiger charge is -2.30. The maximum Gasteiger partial charge on any atom is 0.308 e. The molecule has 0 spiro atoms. The van der Waals surface area contributed by atoms with Gasteiger partial charge in [-0.25, -0.2) is 5.01 Å². The number of carbonyl (C=O) groups is 2. The second-order valence-electron chi connectivity index (χ2n) is 3.40. The Morgan fingerprint density at radius 1 is 1.40 bits per heavy atom. The first-order chi connectivity index (χ1) is 6.93. The zero-order valence-corrected chi connectivity index (χ0v) is 11.4. The molecule has 0 bridgehead atoms. The van der Waals surface area contributed by atoms with Crippen LogP contribution in [0.4, 0.5) is 0 Å². The summed E-state index contributed by atoms with van der Waals surface area (Å²) in [6.07, 6.45) is 0.522. The number of nitrogens with zero attached hydrogens (tertiary/aromatic N) is 2. The first-order valence-corrected chi connectivity index (χ1v) is 6.22. The van der Waals surface area contributed by atoms with E-state index in [0.717, 1.165) is 0 Å². The highest BCUT2D eigenvalue weighted by Crippen LogP contribution is 2.08. The van der Waals surface area contributed by atoms with Crippen LogP contribution in [-0.2, 0) is 9.59 Å². The molecular weight excluding hydrogens is 311 g/mol. The zero-order chi connectivity index (χ0) is 12.0. The normalized spacial score (nSPS) is 12.6. The highest BCUT2D eigenvalue weighted by atomic mass is 127. The molecule has 1 amide bonds. The summed E-state index contributed by atoms with van der Waals surface area (Å²) < 4.78 is 0.353. The number of carboxylic acid groups (broad SMARTS) is 1. The Labute approximate surface area is 104 Å². The number of rotatable bonds is 6. The van der Waals surface area contributed by atoms with Crippen LogP contribution in [0.5, 0.6) is 0 Å². The predicted molar refractivity (Wildman–Crippen MR) is 65.7 cm³/mol. The van der Waals surface area contributed by atoms with Gasteiger partial charge >= 0.3 is 5.97 Å². The van der Waals surface area contributed by atoms with Gasteiger partial charge in [0.15, 0.2) is 0 Å². The number of hydrazine groups is 1. The molecule has 0 aromatic carbocycles. The number of halogens is 1. The smallest absolute Gasteiger partial charge is 0.308 e. The van der Waals surface area contributed by atoms with Crippen molar-refractivity contribution in [2.24, 2.45) is 5.92 Å². The quantitative estimate of drug-likeness (QED) is 0.446. The van der Waals surface area contributed by atoms with Gasteiger partial charge in [-0.1, -0.05) is 29.5 Å². The van der Waals surface area contributed by atoms with Crippen molar-refractivity contribution in [3.63, 3.8) is 0 Å². The van der Waals surface area contributed by atoms with E-state index in [4.69, 9.17) is 5.11 Å². The molecule has 5 nitrogen and oxygen atoms in total. The van der Waals surface area contributed by atoms with Crippen LogP contribution in [0.1, 0.15) is 13.3 Å². The third-order valence-electron chi connectivity index (χ3n) is 2.12. The molecule has 0 aliphatic heterocycles. The number of alkyl halides is 1. The van der Waals surface area contributed by atoms with E-state index in [0.29, 0.717) is 10.8 Å². The molecule has 0 heterocycles. The molecule has 0 fully saturated rings. The molecule has 0 aliphatic carbocycles. The number of amides is 1. The van der Waals surface area contributed by atoms with E-state index in [1.807, 2.05) is 22.6 Å². The maximum atomic E-state index is 11.5. The number of carboxylic acids is 1. The highest BCUT2D eigenvalue weighted by Gasteiger charge is 2.23. The Morgan fingerprint density at radius 3 is 2.20 bits per heavy atom. The van der Waals surface area contributed by atoms with Gasteiger partial charge in [0, 0.05) is 14.1 Å². The highest BCUT2D eigenvalue weighted by molar-refractivity contribution is 14.1. The van der Waals surface area contributed by atoms with Crippen molar-refractivity contribution >= 4 is 34.5 Å². The monoisotopic (exact) mass is 328 g/mol. The van der Waals surface area contributed by atoms with Crippen LogP contribution in [0.15, 0.2) is 0 Å². The van der Waals surface area contributed by atoms with E-state index in [-0.39, 0.29) is 12.5 Å². The van der Waals surface area contributed by atoms with Crippen molar-refractivity contribution in [2.75, 3.05) is 25.1 Å². The van der Waals surface area contributed by atoms with Crippen LogP contribution in [0, 0.1) is 5.92 Å². The van der Waals surface area contributed by atoms with Gasteiger partial charge in [0.05, 0.1) is 16.9 Å². The summed E-state index contributed by atoms with van der Waals surface area (Å²) in [4.78, 5) is 22.4. The van der Waals surface area contributed by atoms with Gasteiger partial charge in [-0.15, -0.1) is 0 Å². The van der Waals surface area contributed by atoms with Crippen molar-refractivity contribution in [1.82, 2.24) is 10.0 Å². The molecule has 0 radical (unpaired) electrons. The van der Waals surface area contributed by atoms with Crippen LogP contribution >= 0.6 is 22.6 Å². The standard InChI is InChI=1S/C9H17IN2O3/c1-4-7(9(14)15)6-12(11(2)3)8(13)5-10/h7H,4-6H2,1-3H3,(H,14,15). The second-order valence-corrected chi connectivity index (χ2v) is 4.16. The molecular formula is C9H17IN2O3. The van der Waals surface area contributed by atoms with Crippen LogP contribution in [0.25, 0.3) is 0 Å². The van der Waals surface area contributed by atoms with Crippen molar-refractivity contribution in [1.29, 1.82) is 0 Å². The summed E-state index contributed by atoms with van der Waals surface area (Å²) >= 11 is 1.97. The Kier molecular flexibility index (Phi) is 6.82. The van der Waals surface area contributed by atoms with Crippen molar-refractivity contribution in [3.05, 3.63) is 0 Å². The van der Waals surface area contributed by atoms with E-state index in [1.165, 1.54) is 5.01 Å². The molecule has 0 saturated carbocycles. The molecule has 1 unspecified atom stereocenters. The third kappa shape index (κ3) is 4.78. The average molecular weight is 328 g/mol. The van der Waals surface area contributed by atoms with Crippen molar-refractivity contribution in [2.45, 2.75) is 13.3 Å². The minimum absolute atomic E-state index is 0.0692. The Morgan fingerprint density at radius 2 is 1.93 bits per heavy atom. The fraction of sp³-hybridized carbons (Fsp3) is 0.778. The van der Waals surface area contributed by atoms with E-state index >= 15 is 0 Å². The third-order valence-corrected chi connectivity index (χ3v) is 2.77. The summed E-state index contributed by atoms with van der Waals surface area (Å²) in [5.74, 6) is -1.43. The van der Waals surface area contributed by atoms with E-state index in [9.17, 15) is 9.59 Å². The molecule has 0 aromatic heterocycles. The first-order valence-electron chi connectivity index (χ1n) is 4.70. The minimum atomic E-state index is -0.856. The summed E-state index contributed by atoms with van der Waals surface area (Å²) in [6.45, 7) is 2.04. The maximum absolute atomic E-state index is 11.5. The molecule has 0 aromatic rings. The molecule has 88 valence electrons. The number of carbonyl (C=O) groups excluding carboxylic acids is 1. The molecule has 1 atom stereocenters. The summed E-state index contributed by atoms with van der Waals surface area (Å²) in [5, 5.41) is 12.0. The van der Waals surface area contributed by atoms with Crippen molar-refractivity contribution in [3.8, 4) is 0 Å². The SMILES string of the molecule is CCC(CN(C(=O)CI)N(C)C)C(=O)O. The minimum Gasteiger partial charge on any atom is -0.481 e. The van der Waals surface area contributed by atoms with Gasteiger partial charge in [-0.2, -0.15) is 0 Å². The van der Waals surface area contributed by atoms with Gasteiger partial charge in [-0.05, 0) is 6.42 Å². The van der Waals surface area contributed by atoms with Gasteiger partial charge in [-0.3, -0.25) is 14.6 Å². The lowest BCUT2D eigenvalue weighted by Crippen LogP contribution is -2.46. The Hall–Kier alpha value is -0.370. The number of hydrogen-bond donors (Lipinski definition) is 1. The molecule has 6 heteroatoms. The first kappa shape index (κ1) is 14.6. The van der Waals surface area contributed by atoms with Gasteiger partial charge in [0.2, 0.25) is 5.91 Å². The van der Waals surface area contributed by atoms with Crippen LogP contribution in [0.3, 0.4) is 0 Å². The fourth-order valence-electron chi connectivity index (χ4n) is 1.15. The second kappa shape index (κ2) is 7.00. The van der Waals surface area contributed by atoms with E-state index in [1.54, 1.807) is 26.0 Å². The van der Waals surface area contributed by atoms with Gasteiger partial charge in [0.25, 0.3) is 0 Å². The topological polar surface area (TPSA) is 60.9 Å². The average Bonchev–Trinajstić information content (AvgIpc) is 2.17. The Bertz CT molecular complexity index is 233.